The van der Waals surface area contributed by atoms with Crippen LogP contribution in [-0.2, 0) is 0 Å². The van der Waals surface area contributed by atoms with E-state index in [1.165, 1.54) is 12.8 Å². The molecule has 1 aromatic carbocycles. The van der Waals surface area contributed by atoms with Crippen molar-refractivity contribution >= 4 is 0 Å². The third-order valence-electron chi connectivity index (χ3n) is 4.69. The van der Waals surface area contributed by atoms with Gasteiger partial charge in [0.05, 0.1) is 0 Å². The largest absolute Gasteiger partial charge is 0.508 e. The van der Waals surface area contributed by atoms with Gasteiger partial charge in [-0.15, -0.1) is 0 Å². The van der Waals surface area contributed by atoms with Crippen LogP contribution in [0.4, 0.5) is 0 Å². The van der Waals surface area contributed by atoms with Crippen LogP contribution >= 0.6 is 0 Å². The van der Waals surface area contributed by atoms with Crippen molar-refractivity contribution in [1.82, 2.24) is 4.90 Å². The van der Waals surface area contributed by atoms with E-state index in [1.54, 1.807) is 6.07 Å². The van der Waals surface area contributed by atoms with Crippen molar-refractivity contribution in [3.63, 3.8) is 0 Å². The van der Waals surface area contributed by atoms with Crippen LogP contribution in [0.15, 0.2) is 24.3 Å². The van der Waals surface area contributed by atoms with Gasteiger partial charge in [0.2, 0.25) is 0 Å². The van der Waals surface area contributed by atoms with Gasteiger partial charge in [-0.1, -0.05) is 39.0 Å². The van der Waals surface area contributed by atoms with Crippen molar-refractivity contribution in [1.29, 1.82) is 0 Å². The molecule has 0 amide bonds. The quantitative estimate of drug-likeness (QED) is 0.862. The van der Waals surface area contributed by atoms with Crippen molar-refractivity contribution in [2.75, 3.05) is 13.1 Å². The van der Waals surface area contributed by atoms with Crippen LogP contribution in [0.2, 0.25) is 0 Å². The van der Waals surface area contributed by atoms with Crippen molar-refractivity contribution in [3.05, 3.63) is 29.8 Å². The number of hydrogen-bond donors (Lipinski definition) is 1. The van der Waals surface area contributed by atoms with Crippen LogP contribution in [0, 0.1) is 11.3 Å². The molecule has 1 N–H and O–H groups in total. The Labute approximate surface area is 117 Å². The van der Waals surface area contributed by atoms with E-state index in [4.69, 9.17) is 0 Å². The number of aromatic hydroxyl groups is 1. The second-order valence-corrected chi connectivity index (χ2v) is 6.91. The molecule has 1 atom stereocenters. The molecule has 0 spiro atoms. The van der Waals surface area contributed by atoms with Gasteiger partial charge in [0.25, 0.3) is 0 Å². The maximum absolute atomic E-state index is 9.97. The third kappa shape index (κ3) is 3.30. The lowest BCUT2D eigenvalue weighted by Crippen LogP contribution is -2.39. The van der Waals surface area contributed by atoms with E-state index in [1.807, 2.05) is 18.2 Å². The van der Waals surface area contributed by atoms with Crippen molar-refractivity contribution in [2.45, 2.75) is 46.6 Å². The summed E-state index contributed by atoms with van der Waals surface area (Å²) in [7, 11) is 0. The van der Waals surface area contributed by atoms with Gasteiger partial charge < -0.3 is 5.11 Å². The fraction of sp³-hybridized carbons (Fsp3) is 0.647. The highest BCUT2D eigenvalue weighted by Crippen LogP contribution is 2.37. The summed E-state index contributed by atoms with van der Waals surface area (Å²) in [6, 6.07) is 8.02. The summed E-state index contributed by atoms with van der Waals surface area (Å²) in [5.74, 6) is 1.24. The molecule has 0 aliphatic carbocycles. The summed E-state index contributed by atoms with van der Waals surface area (Å²) in [6.07, 6.45) is 2.53. The predicted molar refractivity (Wildman–Crippen MR) is 80.3 cm³/mol. The summed E-state index contributed by atoms with van der Waals surface area (Å²) in [6.45, 7) is 11.5. The maximum atomic E-state index is 9.97. The minimum Gasteiger partial charge on any atom is -0.508 e. The molecule has 1 unspecified atom stereocenters. The van der Waals surface area contributed by atoms with Crippen LogP contribution in [0.5, 0.6) is 5.75 Å². The Kier molecular flexibility index (Phi) is 4.19. The van der Waals surface area contributed by atoms with E-state index >= 15 is 0 Å². The van der Waals surface area contributed by atoms with Crippen molar-refractivity contribution < 1.29 is 5.11 Å². The van der Waals surface area contributed by atoms with Crippen LogP contribution in [0.3, 0.4) is 0 Å². The third-order valence-corrected chi connectivity index (χ3v) is 4.69. The highest BCUT2D eigenvalue weighted by Gasteiger charge is 2.30. The number of likely N-dealkylation sites (tertiary alicyclic amines) is 1. The first-order valence-electron chi connectivity index (χ1n) is 7.41. The maximum Gasteiger partial charge on any atom is 0.120 e. The SMILES string of the molecule is CC(c1ccccc1O)N1CCC(C(C)(C)C)CC1. The van der Waals surface area contributed by atoms with E-state index < -0.39 is 0 Å². The molecule has 0 aromatic heterocycles. The number of phenols is 1. The second-order valence-electron chi connectivity index (χ2n) is 6.91. The number of piperidine rings is 1. The summed E-state index contributed by atoms with van der Waals surface area (Å²) in [4.78, 5) is 2.50. The van der Waals surface area contributed by atoms with E-state index in [2.05, 4.69) is 32.6 Å². The Morgan fingerprint density at radius 3 is 2.26 bits per heavy atom. The molecule has 19 heavy (non-hydrogen) atoms. The summed E-state index contributed by atoms with van der Waals surface area (Å²) < 4.78 is 0. The van der Waals surface area contributed by atoms with Crippen LogP contribution in [0.1, 0.15) is 52.1 Å². The summed E-state index contributed by atoms with van der Waals surface area (Å²) >= 11 is 0. The molecule has 1 heterocycles. The zero-order valence-corrected chi connectivity index (χ0v) is 12.7. The molecule has 0 bridgehead atoms. The van der Waals surface area contributed by atoms with Gasteiger partial charge in [-0.3, -0.25) is 4.90 Å². The molecule has 2 heteroatoms. The molecule has 1 aliphatic rings. The van der Waals surface area contributed by atoms with Gasteiger partial charge in [0.1, 0.15) is 5.75 Å². The van der Waals surface area contributed by atoms with Crippen LogP contribution in [-0.4, -0.2) is 23.1 Å². The van der Waals surface area contributed by atoms with E-state index in [9.17, 15) is 5.11 Å². The fourth-order valence-electron chi connectivity index (χ4n) is 3.19. The van der Waals surface area contributed by atoms with Gasteiger partial charge in [-0.05, 0) is 50.3 Å². The molecule has 1 saturated heterocycles. The van der Waals surface area contributed by atoms with Crippen molar-refractivity contribution in [3.8, 4) is 5.75 Å². The lowest BCUT2D eigenvalue weighted by molar-refractivity contribution is 0.0870. The first kappa shape index (κ1) is 14.4. The van der Waals surface area contributed by atoms with Gasteiger partial charge >= 0.3 is 0 Å². The molecule has 0 radical (unpaired) electrons. The van der Waals surface area contributed by atoms with Gasteiger partial charge in [-0.2, -0.15) is 0 Å². The molecular formula is C17H27NO. The minimum atomic E-state index is 0.308. The van der Waals surface area contributed by atoms with Gasteiger partial charge in [-0.25, -0.2) is 0 Å². The lowest BCUT2D eigenvalue weighted by Gasteiger charge is -2.41. The number of benzene rings is 1. The topological polar surface area (TPSA) is 23.5 Å². The summed E-state index contributed by atoms with van der Waals surface area (Å²) in [5, 5.41) is 9.97. The van der Waals surface area contributed by atoms with Crippen LogP contribution < -0.4 is 0 Å². The highest BCUT2D eigenvalue weighted by atomic mass is 16.3. The smallest absolute Gasteiger partial charge is 0.120 e. The zero-order chi connectivity index (χ0) is 14.0. The Bertz CT molecular complexity index is 414. The van der Waals surface area contributed by atoms with Crippen LogP contribution in [0.25, 0.3) is 0 Å². The number of para-hydroxylation sites is 1. The Hall–Kier alpha value is -1.02. The number of nitrogens with zero attached hydrogens (tertiary/aromatic N) is 1. The van der Waals surface area contributed by atoms with E-state index in [-0.39, 0.29) is 0 Å². The predicted octanol–water partition coefficient (Wildman–Crippen LogP) is 4.21. The van der Waals surface area contributed by atoms with E-state index in [0.717, 1.165) is 24.6 Å². The molecule has 0 saturated carbocycles. The first-order chi connectivity index (χ1) is 8.89. The summed E-state index contributed by atoms with van der Waals surface area (Å²) in [5.41, 5.74) is 1.47. The normalized spacial score (nSPS) is 20.4. The zero-order valence-electron chi connectivity index (χ0n) is 12.7. The standard InChI is InChI=1S/C17H27NO/c1-13(15-7-5-6-8-16(15)19)18-11-9-14(10-12-18)17(2,3)4/h5-8,13-14,19H,9-12H2,1-4H3. The molecule has 2 rings (SSSR count). The van der Waals surface area contributed by atoms with Gasteiger partial charge in [0, 0.05) is 11.6 Å². The van der Waals surface area contributed by atoms with Gasteiger partial charge in [0.15, 0.2) is 0 Å². The Morgan fingerprint density at radius 2 is 1.74 bits per heavy atom. The molecular weight excluding hydrogens is 234 g/mol. The number of rotatable bonds is 2. The van der Waals surface area contributed by atoms with E-state index in [0.29, 0.717) is 17.2 Å². The Balaban J connectivity index is 2.00. The lowest BCUT2D eigenvalue weighted by atomic mass is 9.75. The molecule has 1 aromatic rings. The monoisotopic (exact) mass is 261 g/mol. The fourth-order valence-corrected chi connectivity index (χ4v) is 3.19. The average molecular weight is 261 g/mol. The Morgan fingerprint density at radius 1 is 1.16 bits per heavy atom. The molecule has 1 aliphatic heterocycles. The second kappa shape index (κ2) is 5.54. The highest BCUT2D eigenvalue weighted by molar-refractivity contribution is 5.34. The molecule has 106 valence electrons. The number of phenolic OH excluding ortho intramolecular Hbond substituents is 1. The molecule has 2 nitrogen and oxygen atoms in total. The number of hydrogen-bond acceptors (Lipinski definition) is 2. The average Bonchev–Trinajstić information content (AvgIpc) is 2.38. The molecule has 1 fully saturated rings. The van der Waals surface area contributed by atoms with Crippen molar-refractivity contribution in [2.24, 2.45) is 11.3 Å². The first-order valence-corrected chi connectivity index (χ1v) is 7.41. The minimum absolute atomic E-state index is 0.308.